The van der Waals surface area contributed by atoms with Crippen LogP contribution in [0.25, 0.3) is 0 Å². The van der Waals surface area contributed by atoms with Gasteiger partial charge in [0.25, 0.3) is 5.56 Å². The Morgan fingerprint density at radius 3 is 2.58 bits per heavy atom. The molecule has 1 aromatic heterocycles. The molecule has 102 valence electrons. The first-order valence-corrected chi connectivity index (χ1v) is 4.93. The summed E-state index contributed by atoms with van der Waals surface area (Å²) in [6, 6.07) is 0.783. The molecule has 0 aliphatic carbocycles. The van der Waals surface area contributed by atoms with Gasteiger partial charge in [-0.3, -0.25) is 15.2 Å². The smallest absolute Gasteiger partial charge is 0.362 e. The third-order valence-electron chi connectivity index (χ3n) is 1.96. The minimum atomic E-state index is -1.18. The molecule has 0 radical (unpaired) electrons. The van der Waals surface area contributed by atoms with Crippen LogP contribution in [0.15, 0.2) is 15.7 Å². The van der Waals surface area contributed by atoms with Crippen LogP contribution in [0.3, 0.4) is 0 Å². The van der Waals surface area contributed by atoms with Crippen molar-refractivity contribution in [2.75, 3.05) is 13.6 Å². The van der Waals surface area contributed by atoms with E-state index in [4.69, 9.17) is 11.1 Å². The van der Waals surface area contributed by atoms with Crippen LogP contribution in [-0.4, -0.2) is 46.4 Å². The molecule has 5 N–H and O–H groups in total. The van der Waals surface area contributed by atoms with E-state index in [1.807, 2.05) is 9.97 Å². The minimum absolute atomic E-state index is 0.381. The molecule has 0 aromatic carbocycles. The summed E-state index contributed by atoms with van der Waals surface area (Å²) in [5.41, 5.74) is 2.94. The number of carbonyl (C=O) groups is 2. The SMILES string of the molecule is CN(CC(=O)OC(=O)c1cc(=O)[nH]c(=O)[nH]1)C(=N)N. The number of aromatic nitrogens is 2. The number of guanidine groups is 1. The molecular weight excluding hydrogens is 258 g/mol. The second-order valence-corrected chi connectivity index (χ2v) is 3.50. The number of hydrogen-bond acceptors (Lipinski definition) is 6. The summed E-state index contributed by atoms with van der Waals surface area (Å²) < 4.78 is 4.37. The van der Waals surface area contributed by atoms with Crippen LogP contribution in [0.5, 0.6) is 0 Å². The number of aromatic amines is 2. The van der Waals surface area contributed by atoms with E-state index in [2.05, 4.69) is 4.74 Å². The molecule has 0 spiro atoms. The first kappa shape index (κ1) is 14.2. The van der Waals surface area contributed by atoms with E-state index in [0.717, 1.165) is 11.0 Å². The van der Waals surface area contributed by atoms with Crippen molar-refractivity contribution in [3.63, 3.8) is 0 Å². The molecule has 0 bridgehead atoms. The van der Waals surface area contributed by atoms with Gasteiger partial charge in [0.05, 0.1) is 0 Å². The highest BCUT2D eigenvalue weighted by atomic mass is 16.6. The molecule has 0 saturated heterocycles. The van der Waals surface area contributed by atoms with Crippen LogP contribution in [0.1, 0.15) is 10.5 Å². The third-order valence-corrected chi connectivity index (χ3v) is 1.96. The average molecular weight is 269 g/mol. The fourth-order valence-corrected chi connectivity index (χ4v) is 1.05. The van der Waals surface area contributed by atoms with Gasteiger partial charge in [0.2, 0.25) is 0 Å². The topological polar surface area (TPSA) is 162 Å². The summed E-state index contributed by atoms with van der Waals surface area (Å²) in [5.74, 6) is -2.54. The number of ether oxygens (including phenoxy) is 1. The van der Waals surface area contributed by atoms with Crippen molar-refractivity contribution in [1.82, 2.24) is 14.9 Å². The Morgan fingerprint density at radius 2 is 2.05 bits per heavy atom. The number of esters is 2. The Kier molecular flexibility index (Phi) is 4.19. The summed E-state index contributed by atoms with van der Waals surface area (Å²) >= 11 is 0. The van der Waals surface area contributed by atoms with Gasteiger partial charge >= 0.3 is 17.6 Å². The van der Waals surface area contributed by atoms with Crippen molar-refractivity contribution in [2.45, 2.75) is 0 Å². The van der Waals surface area contributed by atoms with E-state index in [1.54, 1.807) is 0 Å². The number of hydrogen-bond donors (Lipinski definition) is 4. The summed E-state index contributed by atoms with van der Waals surface area (Å²) in [6.45, 7) is -0.422. The molecule has 1 rings (SSSR count). The second-order valence-electron chi connectivity index (χ2n) is 3.50. The standard InChI is InChI=1S/C9H11N5O5/c1-14(8(10)11)3-6(16)19-7(17)4-2-5(15)13-9(18)12-4/h2H,3H2,1H3,(H3,10,11)(H2,12,13,15,18). The molecule has 0 aliphatic heterocycles. The van der Waals surface area contributed by atoms with Crippen molar-refractivity contribution >= 4 is 17.9 Å². The highest BCUT2D eigenvalue weighted by molar-refractivity contribution is 5.96. The molecule has 19 heavy (non-hydrogen) atoms. The first-order chi connectivity index (χ1) is 8.79. The van der Waals surface area contributed by atoms with Gasteiger partial charge in [-0.25, -0.2) is 14.4 Å². The van der Waals surface area contributed by atoms with Gasteiger partial charge in [0.1, 0.15) is 12.2 Å². The average Bonchev–Trinajstić information content (AvgIpc) is 2.26. The number of rotatable bonds is 3. The Hall–Kier alpha value is -2.91. The fourth-order valence-electron chi connectivity index (χ4n) is 1.05. The van der Waals surface area contributed by atoms with Crippen LogP contribution in [-0.2, 0) is 9.53 Å². The van der Waals surface area contributed by atoms with Gasteiger partial charge in [-0.1, -0.05) is 0 Å². The van der Waals surface area contributed by atoms with Crippen LogP contribution in [0.4, 0.5) is 0 Å². The minimum Gasteiger partial charge on any atom is -0.387 e. The van der Waals surface area contributed by atoms with Crippen molar-refractivity contribution in [2.24, 2.45) is 5.73 Å². The molecule has 0 atom stereocenters. The van der Waals surface area contributed by atoms with Gasteiger partial charge in [-0.15, -0.1) is 0 Å². The number of carbonyl (C=O) groups excluding carboxylic acids is 2. The van der Waals surface area contributed by atoms with Crippen LogP contribution in [0, 0.1) is 5.41 Å². The van der Waals surface area contributed by atoms with E-state index in [0.29, 0.717) is 0 Å². The molecule has 10 heteroatoms. The summed E-state index contributed by atoms with van der Waals surface area (Å²) in [6.07, 6.45) is 0. The Bertz CT molecular complexity index is 602. The van der Waals surface area contributed by atoms with E-state index >= 15 is 0 Å². The largest absolute Gasteiger partial charge is 0.387 e. The van der Waals surface area contributed by atoms with Gasteiger partial charge in [0.15, 0.2) is 5.96 Å². The van der Waals surface area contributed by atoms with Crippen LogP contribution < -0.4 is 17.0 Å². The third kappa shape index (κ3) is 4.11. The van der Waals surface area contributed by atoms with Crippen LogP contribution in [0.2, 0.25) is 0 Å². The normalized spacial score (nSPS) is 9.74. The lowest BCUT2D eigenvalue weighted by molar-refractivity contribution is -0.138. The van der Waals surface area contributed by atoms with Crippen molar-refractivity contribution < 1.29 is 14.3 Å². The highest BCUT2D eigenvalue weighted by Crippen LogP contribution is 1.93. The monoisotopic (exact) mass is 269 g/mol. The lowest BCUT2D eigenvalue weighted by Crippen LogP contribution is -2.38. The molecular formula is C9H11N5O5. The number of nitrogens with zero attached hydrogens (tertiary/aromatic N) is 1. The van der Waals surface area contributed by atoms with E-state index in [-0.39, 0.29) is 5.96 Å². The zero-order valence-corrected chi connectivity index (χ0v) is 9.85. The lowest BCUT2D eigenvalue weighted by atomic mass is 10.4. The maximum Gasteiger partial charge on any atom is 0.362 e. The maximum absolute atomic E-state index is 11.4. The molecule has 0 unspecified atom stereocenters. The molecule has 1 heterocycles. The van der Waals surface area contributed by atoms with E-state index < -0.39 is 35.4 Å². The first-order valence-electron chi connectivity index (χ1n) is 4.93. The van der Waals surface area contributed by atoms with Crippen molar-refractivity contribution in [3.05, 3.63) is 32.6 Å². The maximum atomic E-state index is 11.4. The summed E-state index contributed by atoms with van der Waals surface area (Å²) in [4.78, 5) is 49.5. The molecule has 1 aromatic rings. The molecule has 0 fully saturated rings. The van der Waals surface area contributed by atoms with Gasteiger partial charge in [-0.2, -0.15) is 0 Å². The van der Waals surface area contributed by atoms with Gasteiger partial charge in [-0.05, 0) is 0 Å². The van der Waals surface area contributed by atoms with Gasteiger partial charge in [0, 0.05) is 13.1 Å². The molecule has 0 amide bonds. The van der Waals surface area contributed by atoms with Gasteiger partial charge < -0.3 is 20.4 Å². The zero-order valence-electron chi connectivity index (χ0n) is 9.85. The van der Waals surface area contributed by atoms with E-state index in [1.165, 1.54) is 7.05 Å². The predicted molar refractivity (Wildman–Crippen MR) is 62.6 cm³/mol. The van der Waals surface area contributed by atoms with Crippen molar-refractivity contribution in [3.8, 4) is 0 Å². The predicted octanol–water partition coefficient (Wildman–Crippen LogP) is -2.43. The molecule has 0 aliphatic rings. The summed E-state index contributed by atoms with van der Waals surface area (Å²) in [7, 11) is 1.35. The quantitative estimate of drug-likeness (QED) is 0.205. The number of H-pyrrole nitrogens is 2. The van der Waals surface area contributed by atoms with Crippen LogP contribution >= 0.6 is 0 Å². The number of nitrogens with one attached hydrogen (secondary N) is 3. The fraction of sp³-hybridized carbons (Fsp3) is 0.222. The lowest BCUT2D eigenvalue weighted by Gasteiger charge is -2.14. The zero-order chi connectivity index (χ0) is 14.6. The second kappa shape index (κ2) is 5.62. The Labute approximate surface area is 105 Å². The summed E-state index contributed by atoms with van der Waals surface area (Å²) in [5, 5.41) is 7.01. The van der Waals surface area contributed by atoms with E-state index in [9.17, 15) is 19.2 Å². The molecule has 10 nitrogen and oxygen atoms in total. The highest BCUT2D eigenvalue weighted by Gasteiger charge is 2.16. The molecule has 0 saturated carbocycles. The Balaban J connectivity index is 2.75. The number of nitrogens with two attached hydrogens (primary N) is 1. The Morgan fingerprint density at radius 1 is 1.42 bits per heavy atom. The number of likely N-dealkylation sites (N-methyl/N-ethyl adjacent to an activating group) is 1. The van der Waals surface area contributed by atoms with Crippen molar-refractivity contribution in [1.29, 1.82) is 5.41 Å².